The van der Waals surface area contributed by atoms with Crippen molar-refractivity contribution in [1.29, 1.82) is 0 Å². The first-order valence-electron chi connectivity index (χ1n) is 7.24. The Labute approximate surface area is 126 Å². The van der Waals surface area contributed by atoms with Crippen LogP contribution in [0.25, 0.3) is 0 Å². The second-order valence-electron chi connectivity index (χ2n) is 5.41. The maximum Gasteiger partial charge on any atom is 0.119 e. The molecule has 0 amide bonds. The van der Waals surface area contributed by atoms with E-state index in [9.17, 15) is 5.11 Å². The summed E-state index contributed by atoms with van der Waals surface area (Å²) in [5.41, 5.74) is 4.71. The predicted octanol–water partition coefficient (Wildman–Crippen LogP) is 3.46. The van der Waals surface area contributed by atoms with Crippen molar-refractivity contribution in [3.8, 4) is 5.75 Å². The monoisotopic (exact) mass is 285 g/mol. The number of anilines is 1. The topological polar surface area (TPSA) is 41.5 Å². The molecule has 0 aliphatic carbocycles. The minimum atomic E-state index is -0.550. The summed E-state index contributed by atoms with van der Waals surface area (Å²) in [7, 11) is 0. The molecule has 0 aromatic heterocycles. The molecule has 0 spiro atoms. The maximum atomic E-state index is 10.00. The summed E-state index contributed by atoms with van der Waals surface area (Å²) in [5.74, 6) is 0.784. The fourth-order valence-corrected chi connectivity index (χ4v) is 2.06. The summed E-state index contributed by atoms with van der Waals surface area (Å²) < 4.78 is 5.58. The lowest BCUT2D eigenvalue weighted by Gasteiger charge is -2.16. The lowest BCUT2D eigenvalue weighted by Crippen LogP contribution is -2.26. The van der Waals surface area contributed by atoms with Gasteiger partial charge in [0.2, 0.25) is 0 Å². The van der Waals surface area contributed by atoms with E-state index in [1.807, 2.05) is 43.3 Å². The van der Waals surface area contributed by atoms with Gasteiger partial charge in [-0.1, -0.05) is 29.8 Å². The Bertz CT molecular complexity index is 578. The number of aliphatic hydroxyl groups excluding tert-OH is 1. The number of benzene rings is 2. The number of aryl methyl sites for hydroxylation is 2. The molecule has 1 atom stereocenters. The van der Waals surface area contributed by atoms with Crippen LogP contribution in [0.5, 0.6) is 5.75 Å². The van der Waals surface area contributed by atoms with Crippen LogP contribution in [0.4, 0.5) is 5.69 Å². The van der Waals surface area contributed by atoms with E-state index in [4.69, 9.17) is 4.74 Å². The van der Waals surface area contributed by atoms with Crippen LogP contribution in [0.3, 0.4) is 0 Å². The van der Waals surface area contributed by atoms with Crippen molar-refractivity contribution in [2.24, 2.45) is 0 Å². The van der Waals surface area contributed by atoms with E-state index in [0.717, 1.165) is 11.4 Å². The molecule has 0 radical (unpaired) electrons. The molecule has 0 saturated carbocycles. The molecule has 0 heterocycles. The van der Waals surface area contributed by atoms with E-state index >= 15 is 0 Å². The van der Waals surface area contributed by atoms with Crippen molar-refractivity contribution >= 4 is 5.69 Å². The Morgan fingerprint density at radius 2 is 1.76 bits per heavy atom. The highest BCUT2D eigenvalue weighted by Crippen LogP contribution is 2.18. The summed E-state index contributed by atoms with van der Waals surface area (Å²) in [6.07, 6.45) is -0.550. The van der Waals surface area contributed by atoms with Gasteiger partial charge in [0.25, 0.3) is 0 Å². The van der Waals surface area contributed by atoms with Crippen LogP contribution < -0.4 is 10.1 Å². The van der Waals surface area contributed by atoms with Crippen LogP contribution in [0, 0.1) is 20.8 Å². The number of rotatable bonds is 6. The lowest BCUT2D eigenvalue weighted by molar-refractivity contribution is 0.117. The van der Waals surface area contributed by atoms with E-state index < -0.39 is 6.10 Å². The van der Waals surface area contributed by atoms with Gasteiger partial charge in [0.15, 0.2) is 0 Å². The van der Waals surface area contributed by atoms with Gasteiger partial charge in [0, 0.05) is 12.2 Å². The molecule has 0 fully saturated rings. The number of hydrogen-bond donors (Lipinski definition) is 2. The van der Waals surface area contributed by atoms with Gasteiger partial charge in [-0.15, -0.1) is 0 Å². The third-order valence-electron chi connectivity index (χ3n) is 3.60. The number of ether oxygens (including phenoxy) is 1. The third-order valence-corrected chi connectivity index (χ3v) is 3.60. The minimum Gasteiger partial charge on any atom is -0.491 e. The van der Waals surface area contributed by atoms with Crippen LogP contribution in [0.15, 0.2) is 42.5 Å². The molecule has 3 heteroatoms. The van der Waals surface area contributed by atoms with Crippen LogP contribution in [0.1, 0.15) is 16.7 Å². The van der Waals surface area contributed by atoms with Crippen molar-refractivity contribution in [2.75, 3.05) is 18.5 Å². The Balaban J connectivity index is 1.80. The van der Waals surface area contributed by atoms with Crippen LogP contribution in [-0.4, -0.2) is 24.4 Å². The average Bonchev–Trinajstić information content (AvgIpc) is 2.48. The van der Waals surface area contributed by atoms with Crippen LogP contribution in [0.2, 0.25) is 0 Å². The smallest absolute Gasteiger partial charge is 0.119 e. The highest BCUT2D eigenvalue weighted by atomic mass is 16.5. The molecule has 0 bridgehead atoms. The fourth-order valence-electron chi connectivity index (χ4n) is 2.06. The molecule has 2 N–H and O–H groups in total. The molecular formula is C18H23NO2. The quantitative estimate of drug-likeness (QED) is 0.854. The highest BCUT2D eigenvalue weighted by molar-refractivity contribution is 5.53. The first-order chi connectivity index (χ1) is 10.1. The summed E-state index contributed by atoms with van der Waals surface area (Å²) in [5, 5.41) is 13.3. The second kappa shape index (κ2) is 7.14. The molecule has 0 aliphatic rings. The lowest BCUT2D eigenvalue weighted by atomic mass is 10.1. The van der Waals surface area contributed by atoms with Gasteiger partial charge in [-0.3, -0.25) is 0 Å². The molecule has 1 unspecified atom stereocenters. The van der Waals surface area contributed by atoms with E-state index in [1.54, 1.807) is 0 Å². The van der Waals surface area contributed by atoms with Crippen molar-refractivity contribution < 1.29 is 9.84 Å². The molecule has 2 aromatic rings. The summed E-state index contributed by atoms with van der Waals surface area (Å²) in [6.45, 7) is 6.94. The molecule has 2 aromatic carbocycles. The van der Waals surface area contributed by atoms with E-state index in [0.29, 0.717) is 6.54 Å². The molecule has 112 valence electrons. The zero-order valence-corrected chi connectivity index (χ0v) is 12.9. The standard InChI is InChI=1S/C18H23NO2/c1-13-7-9-17(10-8-13)21-12-16(20)11-19-18-6-4-5-14(2)15(18)3/h4-10,16,19-20H,11-12H2,1-3H3. The average molecular weight is 285 g/mol. The maximum absolute atomic E-state index is 10.00. The molecule has 3 nitrogen and oxygen atoms in total. The van der Waals surface area contributed by atoms with Gasteiger partial charge in [0.1, 0.15) is 18.5 Å². The first-order valence-corrected chi connectivity index (χ1v) is 7.24. The Morgan fingerprint density at radius 3 is 2.48 bits per heavy atom. The van der Waals surface area contributed by atoms with E-state index in [-0.39, 0.29) is 6.61 Å². The molecule has 21 heavy (non-hydrogen) atoms. The van der Waals surface area contributed by atoms with Crippen molar-refractivity contribution in [3.05, 3.63) is 59.2 Å². The second-order valence-corrected chi connectivity index (χ2v) is 5.41. The number of aliphatic hydroxyl groups is 1. The highest BCUT2D eigenvalue weighted by Gasteiger charge is 2.07. The Hall–Kier alpha value is -2.00. The fraction of sp³-hybridized carbons (Fsp3) is 0.333. The molecule has 2 rings (SSSR count). The van der Waals surface area contributed by atoms with Crippen molar-refractivity contribution in [3.63, 3.8) is 0 Å². The SMILES string of the molecule is Cc1ccc(OCC(O)CNc2cccc(C)c2C)cc1. The summed E-state index contributed by atoms with van der Waals surface area (Å²) in [6, 6.07) is 13.9. The molecule has 0 aliphatic heterocycles. The van der Waals surface area contributed by atoms with Gasteiger partial charge in [-0.25, -0.2) is 0 Å². The molecule has 0 saturated heterocycles. The van der Waals surface area contributed by atoms with E-state index in [1.165, 1.54) is 16.7 Å². The number of nitrogens with one attached hydrogen (secondary N) is 1. The number of hydrogen-bond acceptors (Lipinski definition) is 3. The van der Waals surface area contributed by atoms with Crippen molar-refractivity contribution in [2.45, 2.75) is 26.9 Å². The summed E-state index contributed by atoms with van der Waals surface area (Å²) in [4.78, 5) is 0. The van der Waals surface area contributed by atoms with Crippen LogP contribution >= 0.6 is 0 Å². The molecular weight excluding hydrogens is 262 g/mol. The van der Waals surface area contributed by atoms with E-state index in [2.05, 4.69) is 25.2 Å². The summed E-state index contributed by atoms with van der Waals surface area (Å²) >= 11 is 0. The Morgan fingerprint density at radius 1 is 1.05 bits per heavy atom. The van der Waals surface area contributed by atoms with Gasteiger partial charge in [-0.05, 0) is 50.1 Å². The van der Waals surface area contributed by atoms with Crippen molar-refractivity contribution in [1.82, 2.24) is 0 Å². The normalized spacial score (nSPS) is 12.0. The van der Waals surface area contributed by atoms with Crippen LogP contribution in [-0.2, 0) is 0 Å². The van der Waals surface area contributed by atoms with Gasteiger partial charge in [-0.2, -0.15) is 0 Å². The zero-order valence-electron chi connectivity index (χ0n) is 12.9. The Kier molecular flexibility index (Phi) is 5.23. The largest absolute Gasteiger partial charge is 0.491 e. The third kappa shape index (κ3) is 4.50. The van der Waals surface area contributed by atoms with Gasteiger partial charge >= 0.3 is 0 Å². The van der Waals surface area contributed by atoms with Gasteiger partial charge in [0.05, 0.1) is 0 Å². The van der Waals surface area contributed by atoms with Gasteiger partial charge < -0.3 is 15.2 Å². The minimum absolute atomic E-state index is 0.279. The predicted molar refractivity (Wildman–Crippen MR) is 87.1 cm³/mol. The zero-order chi connectivity index (χ0) is 15.2. The first kappa shape index (κ1) is 15.4.